The molecule has 2 N–H and O–H groups in total. The molecule has 8 heteroatoms. The SMILES string of the molecule is Cc1ncc(C(=O)Nc2c(C)cnn2Cc2ccc(Cl)cc2)c(=O)[nH]1. The van der Waals surface area contributed by atoms with E-state index in [4.69, 9.17) is 11.6 Å². The molecule has 2 aromatic heterocycles. The number of hydrogen-bond acceptors (Lipinski definition) is 4. The van der Waals surface area contributed by atoms with Crippen molar-refractivity contribution in [3.8, 4) is 0 Å². The van der Waals surface area contributed by atoms with E-state index in [-0.39, 0.29) is 5.56 Å². The number of H-pyrrole nitrogens is 1. The van der Waals surface area contributed by atoms with Gasteiger partial charge < -0.3 is 10.3 Å². The summed E-state index contributed by atoms with van der Waals surface area (Å²) in [5.41, 5.74) is 1.24. The first-order valence-electron chi connectivity index (χ1n) is 7.58. The van der Waals surface area contributed by atoms with E-state index in [9.17, 15) is 9.59 Å². The van der Waals surface area contributed by atoms with Crippen LogP contribution in [0.15, 0.2) is 41.5 Å². The Hall–Kier alpha value is -2.93. The largest absolute Gasteiger partial charge is 0.310 e. The van der Waals surface area contributed by atoms with Crippen LogP contribution in [0.5, 0.6) is 0 Å². The highest BCUT2D eigenvalue weighted by molar-refractivity contribution is 6.30. The van der Waals surface area contributed by atoms with Gasteiger partial charge in [-0.3, -0.25) is 9.59 Å². The van der Waals surface area contributed by atoms with Gasteiger partial charge in [-0.05, 0) is 31.5 Å². The number of nitrogens with zero attached hydrogens (tertiary/aromatic N) is 3. The minimum atomic E-state index is -0.533. The Balaban J connectivity index is 1.85. The summed E-state index contributed by atoms with van der Waals surface area (Å²) >= 11 is 5.89. The molecule has 0 bridgehead atoms. The van der Waals surface area contributed by atoms with Crippen molar-refractivity contribution < 1.29 is 4.79 Å². The molecule has 2 heterocycles. The number of hydrogen-bond donors (Lipinski definition) is 2. The molecule has 25 heavy (non-hydrogen) atoms. The highest BCUT2D eigenvalue weighted by Crippen LogP contribution is 2.17. The minimum absolute atomic E-state index is 0.0516. The van der Waals surface area contributed by atoms with Crippen molar-refractivity contribution in [3.63, 3.8) is 0 Å². The maximum atomic E-state index is 12.4. The molecule has 0 aliphatic carbocycles. The van der Waals surface area contributed by atoms with Crippen molar-refractivity contribution in [2.24, 2.45) is 0 Å². The second-order valence-electron chi connectivity index (χ2n) is 5.63. The van der Waals surface area contributed by atoms with Crippen molar-refractivity contribution in [1.29, 1.82) is 0 Å². The number of amides is 1. The number of aryl methyl sites for hydroxylation is 2. The molecule has 128 valence electrons. The summed E-state index contributed by atoms with van der Waals surface area (Å²) in [4.78, 5) is 30.8. The Morgan fingerprint density at radius 3 is 2.64 bits per heavy atom. The van der Waals surface area contributed by atoms with Gasteiger partial charge in [0.15, 0.2) is 0 Å². The van der Waals surface area contributed by atoms with Crippen LogP contribution < -0.4 is 10.9 Å². The first-order chi connectivity index (χ1) is 11.9. The molecule has 0 saturated carbocycles. The number of aromatic nitrogens is 4. The standard InChI is InChI=1S/C17H16ClN5O2/c1-10-7-20-23(9-12-3-5-13(18)6-4-12)15(10)22-17(25)14-8-19-11(2)21-16(14)24/h3-8H,9H2,1-2H3,(H,22,25)(H,19,21,24). The molecule has 3 aromatic rings. The van der Waals surface area contributed by atoms with Gasteiger partial charge in [0.25, 0.3) is 11.5 Å². The molecule has 0 radical (unpaired) electrons. The molecular weight excluding hydrogens is 342 g/mol. The third kappa shape index (κ3) is 3.77. The third-order valence-electron chi connectivity index (χ3n) is 3.67. The molecule has 0 aliphatic heterocycles. The van der Waals surface area contributed by atoms with Crippen molar-refractivity contribution >= 4 is 23.3 Å². The normalized spacial score (nSPS) is 10.7. The van der Waals surface area contributed by atoms with Crippen molar-refractivity contribution in [2.75, 3.05) is 5.32 Å². The second-order valence-corrected chi connectivity index (χ2v) is 6.06. The molecule has 0 aliphatic rings. The van der Waals surface area contributed by atoms with Crippen LogP contribution >= 0.6 is 11.6 Å². The Labute approximate surface area is 148 Å². The van der Waals surface area contributed by atoms with E-state index in [2.05, 4.69) is 20.4 Å². The van der Waals surface area contributed by atoms with E-state index in [1.165, 1.54) is 6.20 Å². The van der Waals surface area contributed by atoms with E-state index in [1.54, 1.807) is 29.9 Å². The first kappa shape index (κ1) is 16.9. The van der Waals surface area contributed by atoms with Gasteiger partial charge in [0, 0.05) is 16.8 Å². The highest BCUT2D eigenvalue weighted by Gasteiger charge is 2.16. The zero-order chi connectivity index (χ0) is 18.0. The number of nitrogens with one attached hydrogen (secondary N) is 2. The number of aromatic amines is 1. The molecule has 0 atom stereocenters. The number of benzene rings is 1. The number of carbonyl (C=O) groups is 1. The molecule has 1 amide bonds. The van der Waals surface area contributed by atoms with Crippen LogP contribution in [0.2, 0.25) is 5.02 Å². The average molecular weight is 358 g/mol. The summed E-state index contributed by atoms with van der Waals surface area (Å²) in [5.74, 6) is 0.445. The summed E-state index contributed by atoms with van der Waals surface area (Å²) in [5, 5.41) is 7.68. The van der Waals surface area contributed by atoms with Crippen molar-refractivity contribution in [2.45, 2.75) is 20.4 Å². The molecular formula is C17H16ClN5O2. The smallest absolute Gasteiger partial charge is 0.264 e. The fourth-order valence-electron chi connectivity index (χ4n) is 2.35. The number of rotatable bonds is 4. The molecule has 3 rings (SSSR count). The molecule has 0 saturated heterocycles. The van der Waals surface area contributed by atoms with Crippen molar-refractivity contribution in [3.05, 3.63) is 74.6 Å². The lowest BCUT2D eigenvalue weighted by Gasteiger charge is -2.10. The van der Waals surface area contributed by atoms with Crippen LogP contribution in [0, 0.1) is 13.8 Å². The Morgan fingerprint density at radius 2 is 1.96 bits per heavy atom. The topological polar surface area (TPSA) is 92.7 Å². The fraction of sp³-hybridized carbons (Fsp3) is 0.176. The van der Waals surface area contributed by atoms with Gasteiger partial charge in [-0.1, -0.05) is 23.7 Å². The number of halogens is 1. The Kier molecular flexibility index (Phi) is 4.67. The quantitative estimate of drug-likeness (QED) is 0.750. The van der Waals surface area contributed by atoms with E-state index >= 15 is 0 Å². The van der Waals surface area contributed by atoms with E-state index in [0.717, 1.165) is 11.1 Å². The molecule has 0 unspecified atom stereocenters. The lowest BCUT2D eigenvalue weighted by Crippen LogP contribution is -2.25. The molecule has 0 spiro atoms. The zero-order valence-corrected chi connectivity index (χ0v) is 14.5. The van der Waals surface area contributed by atoms with Crippen LogP contribution in [0.3, 0.4) is 0 Å². The van der Waals surface area contributed by atoms with Crippen LogP contribution in [0.25, 0.3) is 0 Å². The molecule has 1 aromatic carbocycles. The van der Waals surface area contributed by atoms with Crippen LogP contribution in [-0.4, -0.2) is 25.7 Å². The highest BCUT2D eigenvalue weighted by atomic mass is 35.5. The maximum absolute atomic E-state index is 12.4. The minimum Gasteiger partial charge on any atom is -0.310 e. The lowest BCUT2D eigenvalue weighted by atomic mass is 10.2. The Morgan fingerprint density at radius 1 is 1.24 bits per heavy atom. The summed E-state index contributed by atoms with van der Waals surface area (Å²) < 4.78 is 1.66. The predicted molar refractivity (Wildman–Crippen MR) is 95.1 cm³/mol. The predicted octanol–water partition coefficient (Wildman–Crippen LogP) is 2.54. The average Bonchev–Trinajstić information content (AvgIpc) is 2.90. The summed E-state index contributed by atoms with van der Waals surface area (Å²) in [6.45, 7) is 3.94. The molecule has 0 fully saturated rings. The van der Waals surface area contributed by atoms with Crippen LogP contribution in [0.1, 0.15) is 27.3 Å². The summed E-state index contributed by atoms with van der Waals surface area (Å²) in [7, 11) is 0. The summed E-state index contributed by atoms with van der Waals surface area (Å²) in [6, 6.07) is 7.37. The first-order valence-corrected chi connectivity index (χ1v) is 7.96. The van der Waals surface area contributed by atoms with E-state index < -0.39 is 11.5 Å². The fourth-order valence-corrected chi connectivity index (χ4v) is 2.47. The molecule has 7 nitrogen and oxygen atoms in total. The summed E-state index contributed by atoms with van der Waals surface area (Å²) in [6.07, 6.45) is 2.92. The van der Waals surface area contributed by atoms with Crippen molar-refractivity contribution in [1.82, 2.24) is 19.7 Å². The lowest BCUT2D eigenvalue weighted by molar-refractivity contribution is 0.102. The van der Waals surface area contributed by atoms with Gasteiger partial charge in [0.1, 0.15) is 17.2 Å². The van der Waals surface area contributed by atoms with Crippen LogP contribution in [0.4, 0.5) is 5.82 Å². The van der Waals surface area contributed by atoms with Gasteiger partial charge in [-0.25, -0.2) is 9.67 Å². The zero-order valence-electron chi connectivity index (χ0n) is 13.7. The third-order valence-corrected chi connectivity index (χ3v) is 3.92. The second kappa shape index (κ2) is 6.90. The Bertz CT molecular complexity index is 975. The van der Waals surface area contributed by atoms with Crippen LogP contribution in [-0.2, 0) is 6.54 Å². The number of carbonyl (C=O) groups excluding carboxylic acids is 1. The van der Waals surface area contributed by atoms with Gasteiger partial charge >= 0.3 is 0 Å². The van der Waals surface area contributed by atoms with Gasteiger partial charge in [0.05, 0.1) is 12.7 Å². The van der Waals surface area contributed by atoms with E-state index in [1.807, 2.05) is 19.1 Å². The van der Waals surface area contributed by atoms with E-state index in [0.29, 0.717) is 23.2 Å². The van der Waals surface area contributed by atoms with Gasteiger partial charge in [0.2, 0.25) is 0 Å². The maximum Gasteiger partial charge on any atom is 0.264 e. The van der Waals surface area contributed by atoms with Gasteiger partial charge in [-0.15, -0.1) is 0 Å². The number of anilines is 1. The monoisotopic (exact) mass is 357 g/mol. The van der Waals surface area contributed by atoms with Gasteiger partial charge in [-0.2, -0.15) is 5.10 Å².